The van der Waals surface area contributed by atoms with E-state index in [0.717, 1.165) is 5.92 Å². The third-order valence-corrected chi connectivity index (χ3v) is 3.23. The van der Waals surface area contributed by atoms with Gasteiger partial charge in [0.1, 0.15) is 0 Å². The highest BCUT2D eigenvalue weighted by Crippen LogP contribution is 2.21. The lowest BCUT2D eigenvalue weighted by molar-refractivity contribution is -0.139. The molecule has 1 fully saturated rings. The molecule has 1 atom stereocenters. The molecule has 1 unspecified atom stereocenters. The van der Waals surface area contributed by atoms with Crippen LogP contribution in [0.15, 0.2) is 0 Å². The van der Waals surface area contributed by atoms with E-state index in [1.807, 2.05) is 0 Å². The van der Waals surface area contributed by atoms with Gasteiger partial charge in [0.25, 0.3) is 0 Å². The van der Waals surface area contributed by atoms with Crippen LogP contribution < -0.4 is 11.5 Å². The van der Waals surface area contributed by atoms with Crippen LogP contribution in [0.4, 0.5) is 0 Å². The smallest absolute Gasteiger partial charge is 0.304 e. The van der Waals surface area contributed by atoms with Crippen molar-refractivity contribution in [3.63, 3.8) is 0 Å². The Balaban J connectivity index is 0.000000356. The molecule has 0 spiro atoms. The highest BCUT2D eigenvalue weighted by Gasteiger charge is 2.13. The van der Waals surface area contributed by atoms with Crippen LogP contribution in [0.3, 0.4) is 0 Å². The molecule has 6 nitrogen and oxygen atoms in total. The highest BCUT2D eigenvalue weighted by atomic mass is 16.4. The van der Waals surface area contributed by atoms with Crippen molar-refractivity contribution >= 4 is 11.9 Å². The Morgan fingerprint density at radius 2 is 1.68 bits per heavy atom. The van der Waals surface area contributed by atoms with Crippen molar-refractivity contribution in [2.24, 2.45) is 17.4 Å². The molecule has 6 heteroatoms. The number of aliphatic carboxylic acids is 2. The first-order valence-corrected chi connectivity index (χ1v) is 6.76. The van der Waals surface area contributed by atoms with Crippen molar-refractivity contribution in [3.05, 3.63) is 0 Å². The highest BCUT2D eigenvalue weighted by molar-refractivity contribution is 5.68. The molecule has 0 amide bonds. The molecule has 0 aromatic rings. The van der Waals surface area contributed by atoms with Gasteiger partial charge in [-0.3, -0.25) is 9.59 Å². The summed E-state index contributed by atoms with van der Waals surface area (Å²) in [4.78, 5) is 20.0. The van der Waals surface area contributed by atoms with E-state index in [-0.39, 0.29) is 19.3 Å². The van der Waals surface area contributed by atoms with E-state index in [1.54, 1.807) is 0 Å². The minimum absolute atomic E-state index is 0.0750. The van der Waals surface area contributed by atoms with Crippen LogP contribution >= 0.6 is 0 Å². The third-order valence-electron chi connectivity index (χ3n) is 3.23. The molecule has 1 saturated carbocycles. The summed E-state index contributed by atoms with van der Waals surface area (Å²) in [5.74, 6) is -1.01. The van der Waals surface area contributed by atoms with Gasteiger partial charge in [0.2, 0.25) is 0 Å². The number of carbonyl (C=O) groups is 2. The van der Waals surface area contributed by atoms with Crippen molar-refractivity contribution in [1.29, 1.82) is 0 Å². The molecule has 0 aromatic carbocycles. The predicted octanol–water partition coefficient (Wildman–Crippen LogP) is 1.18. The Hall–Kier alpha value is -1.14. The lowest BCUT2D eigenvalue weighted by Crippen LogP contribution is -2.25. The molecule has 6 N–H and O–H groups in total. The zero-order valence-corrected chi connectivity index (χ0v) is 11.5. The molecule has 19 heavy (non-hydrogen) atoms. The molecule has 0 bridgehead atoms. The van der Waals surface area contributed by atoms with Crippen molar-refractivity contribution < 1.29 is 19.8 Å². The Bertz CT molecular complexity index is 266. The van der Waals surface area contributed by atoms with Gasteiger partial charge in [-0.2, -0.15) is 0 Å². The number of carboxylic acid groups (broad SMARTS) is 2. The first-order valence-electron chi connectivity index (χ1n) is 6.76. The largest absolute Gasteiger partial charge is 0.481 e. The van der Waals surface area contributed by atoms with E-state index in [4.69, 9.17) is 21.7 Å². The van der Waals surface area contributed by atoms with Crippen LogP contribution in [0, 0.1) is 5.92 Å². The average Bonchev–Trinajstić information content (AvgIpc) is 2.30. The van der Waals surface area contributed by atoms with Gasteiger partial charge in [-0.05, 0) is 38.0 Å². The van der Waals surface area contributed by atoms with Gasteiger partial charge >= 0.3 is 11.9 Å². The van der Waals surface area contributed by atoms with Gasteiger partial charge in [-0.15, -0.1) is 0 Å². The van der Waals surface area contributed by atoms with E-state index in [1.165, 1.54) is 25.7 Å². The summed E-state index contributed by atoms with van der Waals surface area (Å²) in [6, 6.07) is -0.0326. The molecule has 1 aliphatic rings. The summed E-state index contributed by atoms with van der Waals surface area (Å²) in [6.45, 7) is 2.31. The van der Waals surface area contributed by atoms with Gasteiger partial charge in [0.05, 0.1) is 6.42 Å². The number of hydrogen-bond donors (Lipinski definition) is 4. The second-order valence-electron chi connectivity index (χ2n) is 5.31. The van der Waals surface area contributed by atoms with Crippen LogP contribution in [0.1, 0.15) is 51.9 Å². The molecule has 0 aromatic heterocycles. The van der Waals surface area contributed by atoms with E-state index >= 15 is 0 Å². The van der Waals surface area contributed by atoms with Crippen LogP contribution in [-0.4, -0.2) is 34.2 Å². The molecule has 112 valence electrons. The molecular formula is C13H26N2O4. The summed E-state index contributed by atoms with van der Waals surface area (Å²) < 4.78 is 0. The number of hydrogen-bond acceptors (Lipinski definition) is 4. The summed E-state index contributed by atoms with van der Waals surface area (Å²) in [5, 5.41) is 16.4. The topological polar surface area (TPSA) is 127 Å². The van der Waals surface area contributed by atoms with E-state index in [0.29, 0.717) is 6.04 Å². The Morgan fingerprint density at radius 3 is 2.05 bits per heavy atom. The third kappa shape index (κ3) is 11.7. The average molecular weight is 274 g/mol. The van der Waals surface area contributed by atoms with Gasteiger partial charge in [-0.1, -0.05) is 6.92 Å². The monoisotopic (exact) mass is 274 g/mol. The van der Waals surface area contributed by atoms with Crippen LogP contribution in [0.5, 0.6) is 0 Å². The zero-order valence-electron chi connectivity index (χ0n) is 11.5. The Morgan fingerprint density at radius 1 is 1.16 bits per heavy atom. The van der Waals surface area contributed by atoms with Gasteiger partial charge < -0.3 is 21.7 Å². The van der Waals surface area contributed by atoms with E-state index in [9.17, 15) is 9.59 Å². The number of carboxylic acids is 2. The first-order chi connectivity index (χ1) is 8.81. The van der Waals surface area contributed by atoms with Crippen LogP contribution in [-0.2, 0) is 9.59 Å². The Kier molecular flexibility index (Phi) is 9.16. The van der Waals surface area contributed by atoms with Crippen LogP contribution in [0.25, 0.3) is 0 Å². The number of rotatable bonds is 5. The second kappa shape index (κ2) is 9.75. The van der Waals surface area contributed by atoms with Gasteiger partial charge in [-0.25, -0.2) is 0 Å². The zero-order chi connectivity index (χ0) is 14.8. The van der Waals surface area contributed by atoms with E-state index < -0.39 is 18.0 Å². The fraction of sp³-hybridized carbons (Fsp3) is 0.846. The number of nitrogens with two attached hydrogens (primary N) is 2. The predicted molar refractivity (Wildman–Crippen MR) is 72.7 cm³/mol. The summed E-state index contributed by atoms with van der Waals surface area (Å²) in [5.41, 5.74) is 11.0. The van der Waals surface area contributed by atoms with Crippen LogP contribution in [0.2, 0.25) is 0 Å². The van der Waals surface area contributed by atoms with Crippen molar-refractivity contribution in [1.82, 2.24) is 0 Å². The molecule has 0 aliphatic heterocycles. The first kappa shape index (κ1) is 17.9. The minimum atomic E-state index is -0.997. The van der Waals surface area contributed by atoms with Crippen molar-refractivity contribution in [2.75, 3.05) is 0 Å². The molecule has 0 saturated heterocycles. The van der Waals surface area contributed by atoms with Gasteiger partial charge in [0.15, 0.2) is 0 Å². The molecule has 1 aliphatic carbocycles. The van der Waals surface area contributed by atoms with Gasteiger partial charge in [0, 0.05) is 18.5 Å². The summed E-state index contributed by atoms with van der Waals surface area (Å²) >= 11 is 0. The summed E-state index contributed by atoms with van der Waals surface area (Å²) in [7, 11) is 0. The molecule has 0 radical (unpaired) electrons. The fourth-order valence-corrected chi connectivity index (χ4v) is 1.92. The second-order valence-corrected chi connectivity index (χ2v) is 5.31. The molecule has 0 heterocycles. The van der Waals surface area contributed by atoms with E-state index in [2.05, 4.69) is 6.92 Å². The maximum Gasteiger partial charge on any atom is 0.304 e. The minimum Gasteiger partial charge on any atom is -0.481 e. The normalized spacial score (nSPS) is 23.9. The maximum atomic E-state index is 10.0. The standard InChI is InChI=1S/C7H15N.C6H11NO4/c1-6-2-4-7(8)5-3-6;7-4(3-6(10)11)1-2-5(8)9/h6-7H,2-5,8H2,1H3;4H,1-3,7H2,(H,8,9)(H,10,11). The SMILES string of the molecule is CC1CCC(N)CC1.NC(CCC(=O)O)CC(=O)O. The summed E-state index contributed by atoms with van der Waals surface area (Å²) in [6.07, 6.45) is 5.16. The lowest BCUT2D eigenvalue weighted by atomic mass is 9.88. The Labute approximate surface area is 114 Å². The fourth-order valence-electron chi connectivity index (χ4n) is 1.92. The lowest BCUT2D eigenvalue weighted by Gasteiger charge is -2.22. The quantitative estimate of drug-likeness (QED) is 0.596. The molecule has 1 rings (SSSR count). The molecular weight excluding hydrogens is 248 g/mol. The van der Waals surface area contributed by atoms with Crippen molar-refractivity contribution in [2.45, 2.75) is 64.0 Å². The van der Waals surface area contributed by atoms with Crippen molar-refractivity contribution in [3.8, 4) is 0 Å². The maximum absolute atomic E-state index is 10.0.